The molecule has 0 aliphatic rings. The van der Waals surface area contributed by atoms with Gasteiger partial charge in [-0.3, -0.25) is 4.98 Å². The van der Waals surface area contributed by atoms with Crippen LogP contribution >= 0.6 is 0 Å². The lowest BCUT2D eigenvalue weighted by Gasteiger charge is -2.24. The molecule has 0 radical (unpaired) electrons. The second-order valence-corrected chi connectivity index (χ2v) is 6.28. The molecular formula is C19H35N3. The third-order valence-electron chi connectivity index (χ3n) is 4.22. The highest BCUT2D eigenvalue weighted by molar-refractivity contribution is 5.41. The Bertz CT molecular complexity index is 379. The highest BCUT2D eigenvalue weighted by atomic mass is 15.2. The number of hydrogen-bond donors (Lipinski definition) is 0. The smallest absolute Gasteiger partial charge is 0.150 e. The summed E-state index contributed by atoms with van der Waals surface area (Å²) in [4.78, 5) is 11.4. The maximum atomic E-state index is 4.57. The first kappa shape index (κ1) is 18.9. The van der Waals surface area contributed by atoms with Crippen molar-refractivity contribution < 1.29 is 0 Å². The van der Waals surface area contributed by atoms with Crippen LogP contribution in [-0.2, 0) is 0 Å². The Morgan fingerprint density at radius 2 is 1.23 bits per heavy atom. The Hall–Kier alpha value is -1.12. The van der Waals surface area contributed by atoms with Crippen LogP contribution in [0.1, 0.15) is 83.7 Å². The molecule has 0 N–H and O–H groups in total. The number of anilines is 1. The molecule has 0 bridgehead atoms. The lowest BCUT2D eigenvalue weighted by atomic mass is 10.1. The van der Waals surface area contributed by atoms with Crippen LogP contribution in [0.3, 0.4) is 0 Å². The van der Waals surface area contributed by atoms with Gasteiger partial charge in [0, 0.05) is 25.5 Å². The maximum Gasteiger partial charge on any atom is 0.150 e. The predicted octanol–water partition coefficient (Wildman–Crippen LogP) is 5.53. The average Bonchev–Trinajstić information content (AvgIpc) is 2.53. The summed E-state index contributed by atoms with van der Waals surface area (Å²) in [5.74, 6) is 1.09. The van der Waals surface area contributed by atoms with Crippen LogP contribution in [0, 0.1) is 6.92 Å². The van der Waals surface area contributed by atoms with E-state index in [0.29, 0.717) is 0 Å². The molecule has 0 aliphatic heterocycles. The number of rotatable bonds is 13. The lowest BCUT2D eigenvalue weighted by Crippen LogP contribution is -2.27. The van der Waals surface area contributed by atoms with Gasteiger partial charge >= 0.3 is 0 Å². The summed E-state index contributed by atoms with van der Waals surface area (Å²) in [5.41, 5.74) is 1.06. The molecule has 3 heteroatoms. The van der Waals surface area contributed by atoms with Crippen LogP contribution in [0.2, 0.25) is 0 Å². The summed E-state index contributed by atoms with van der Waals surface area (Å²) >= 11 is 0. The van der Waals surface area contributed by atoms with Crippen molar-refractivity contribution in [3.8, 4) is 0 Å². The molecule has 126 valence electrons. The monoisotopic (exact) mass is 305 g/mol. The van der Waals surface area contributed by atoms with E-state index in [1.165, 1.54) is 64.2 Å². The third kappa shape index (κ3) is 7.77. The molecule has 0 fully saturated rings. The molecule has 3 nitrogen and oxygen atoms in total. The van der Waals surface area contributed by atoms with Crippen molar-refractivity contribution in [3.05, 3.63) is 18.1 Å². The largest absolute Gasteiger partial charge is 0.355 e. The molecule has 0 saturated heterocycles. The minimum Gasteiger partial charge on any atom is -0.355 e. The Morgan fingerprint density at radius 3 is 1.82 bits per heavy atom. The molecule has 0 amide bonds. The van der Waals surface area contributed by atoms with E-state index in [2.05, 4.69) is 35.6 Å². The van der Waals surface area contributed by atoms with E-state index in [0.717, 1.165) is 24.6 Å². The second kappa shape index (κ2) is 12.4. The van der Waals surface area contributed by atoms with E-state index in [4.69, 9.17) is 0 Å². The number of hydrogen-bond acceptors (Lipinski definition) is 3. The summed E-state index contributed by atoms with van der Waals surface area (Å²) in [6, 6.07) is 0. The van der Waals surface area contributed by atoms with E-state index in [9.17, 15) is 0 Å². The Balaban J connectivity index is 2.42. The first-order valence-corrected chi connectivity index (χ1v) is 9.32. The molecule has 1 aromatic heterocycles. The van der Waals surface area contributed by atoms with Crippen molar-refractivity contribution in [2.75, 3.05) is 18.0 Å². The molecular weight excluding hydrogens is 270 g/mol. The van der Waals surface area contributed by atoms with Gasteiger partial charge in [-0.25, -0.2) is 4.98 Å². The zero-order valence-corrected chi connectivity index (χ0v) is 15.0. The van der Waals surface area contributed by atoms with Gasteiger partial charge in [-0.1, -0.05) is 65.2 Å². The Morgan fingerprint density at radius 1 is 0.727 bits per heavy atom. The molecule has 0 atom stereocenters. The van der Waals surface area contributed by atoms with Crippen LogP contribution in [0.4, 0.5) is 5.82 Å². The van der Waals surface area contributed by atoms with Crippen molar-refractivity contribution >= 4 is 5.82 Å². The van der Waals surface area contributed by atoms with Gasteiger partial charge in [0.15, 0.2) is 0 Å². The van der Waals surface area contributed by atoms with Crippen LogP contribution in [0.15, 0.2) is 12.4 Å². The zero-order chi connectivity index (χ0) is 16.0. The van der Waals surface area contributed by atoms with Gasteiger partial charge < -0.3 is 4.90 Å². The second-order valence-electron chi connectivity index (χ2n) is 6.28. The van der Waals surface area contributed by atoms with E-state index < -0.39 is 0 Å². The van der Waals surface area contributed by atoms with Gasteiger partial charge in [0.05, 0.1) is 5.69 Å². The van der Waals surface area contributed by atoms with Gasteiger partial charge in [-0.15, -0.1) is 0 Å². The van der Waals surface area contributed by atoms with Crippen LogP contribution < -0.4 is 4.90 Å². The van der Waals surface area contributed by atoms with Crippen molar-refractivity contribution in [1.82, 2.24) is 9.97 Å². The summed E-state index contributed by atoms with van der Waals surface area (Å²) in [5, 5.41) is 0. The molecule has 1 heterocycles. The van der Waals surface area contributed by atoms with Crippen molar-refractivity contribution in [2.45, 2.75) is 85.0 Å². The quantitative estimate of drug-likeness (QED) is 0.448. The Kier molecular flexibility index (Phi) is 10.7. The highest BCUT2D eigenvalue weighted by Gasteiger charge is 2.10. The minimum atomic E-state index is 1.06. The number of unbranched alkanes of at least 4 members (excludes halogenated alkanes) is 8. The topological polar surface area (TPSA) is 29.0 Å². The molecule has 0 aromatic carbocycles. The van der Waals surface area contributed by atoms with Gasteiger partial charge in [0.2, 0.25) is 0 Å². The normalized spacial score (nSPS) is 10.9. The maximum absolute atomic E-state index is 4.57. The minimum absolute atomic E-state index is 1.06. The molecule has 0 saturated carbocycles. The van der Waals surface area contributed by atoms with Crippen molar-refractivity contribution in [3.63, 3.8) is 0 Å². The molecule has 0 unspecified atom stereocenters. The van der Waals surface area contributed by atoms with Gasteiger partial charge in [0.25, 0.3) is 0 Å². The summed E-state index contributed by atoms with van der Waals surface area (Å²) in [6.45, 7) is 8.85. The van der Waals surface area contributed by atoms with Gasteiger partial charge in [0.1, 0.15) is 5.82 Å². The first-order chi connectivity index (χ1) is 10.8. The average molecular weight is 306 g/mol. The van der Waals surface area contributed by atoms with Crippen molar-refractivity contribution in [2.24, 2.45) is 0 Å². The SMILES string of the molecule is CCCCCCCCN(CCCCCC)c1nccnc1C. The fraction of sp³-hybridized carbons (Fsp3) is 0.789. The predicted molar refractivity (Wildman–Crippen MR) is 96.5 cm³/mol. The summed E-state index contributed by atoms with van der Waals surface area (Å²) in [6.07, 6.45) is 16.9. The molecule has 0 spiro atoms. The molecule has 1 aromatic rings. The van der Waals surface area contributed by atoms with Crippen LogP contribution in [0.5, 0.6) is 0 Å². The molecule has 22 heavy (non-hydrogen) atoms. The molecule has 1 rings (SSSR count). The van der Waals surface area contributed by atoms with Crippen LogP contribution in [-0.4, -0.2) is 23.1 Å². The summed E-state index contributed by atoms with van der Waals surface area (Å²) in [7, 11) is 0. The van der Waals surface area contributed by atoms with E-state index in [1.807, 2.05) is 6.20 Å². The van der Waals surface area contributed by atoms with Gasteiger partial charge in [-0.05, 0) is 19.8 Å². The number of aromatic nitrogens is 2. The highest BCUT2D eigenvalue weighted by Crippen LogP contribution is 2.17. The van der Waals surface area contributed by atoms with Gasteiger partial charge in [-0.2, -0.15) is 0 Å². The number of aryl methyl sites for hydroxylation is 1. The van der Waals surface area contributed by atoms with E-state index in [-0.39, 0.29) is 0 Å². The fourth-order valence-electron chi connectivity index (χ4n) is 2.85. The third-order valence-corrected chi connectivity index (χ3v) is 4.22. The summed E-state index contributed by atoms with van der Waals surface area (Å²) < 4.78 is 0. The zero-order valence-electron chi connectivity index (χ0n) is 15.0. The van der Waals surface area contributed by atoms with E-state index >= 15 is 0 Å². The number of nitrogens with zero attached hydrogens (tertiary/aromatic N) is 3. The van der Waals surface area contributed by atoms with Crippen LogP contribution in [0.25, 0.3) is 0 Å². The lowest BCUT2D eigenvalue weighted by molar-refractivity contribution is 0.582. The standard InChI is InChI=1S/C19H35N3/c1-4-6-8-10-11-13-17-22(16-12-9-7-5-2)19-18(3)20-14-15-21-19/h14-15H,4-13,16-17H2,1-3H3. The Labute approximate surface area is 137 Å². The first-order valence-electron chi connectivity index (χ1n) is 9.32. The van der Waals surface area contributed by atoms with Crippen molar-refractivity contribution in [1.29, 1.82) is 0 Å². The van der Waals surface area contributed by atoms with E-state index in [1.54, 1.807) is 6.20 Å². The molecule has 0 aliphatic carbocycles. The fourth-order valence-corrected chi connectivity index (χ4v) is 2.85.